The van der Waals surface area contributed by atoms with Gasteiger partial charge in [-0.25, -0.2) is 21.8 Å². The SMILES string of the molecule is CC1CN(c2nc(C3(c4ccccc4)CCC(=O)CC3)ns2)CCN1S(=O)(=O)c1ccccc1S(C)(=O)=O. The van der Waals surface area contributed by atoms with Crippen molar-refractivity contribution >= 4 is 42.3 Å². The molecule has 2 aliphatic rings. The molecule has 2 heterocycles. The molecule has 1 saturated heterocycles. The number of hydrogen-bond acceptors (Lipinski definition) is 9. The van der Waals surface area contributed by atoms with Gasteiger partial charge >= 0.3 is 0 Å². The molecule has 12 heteroatoms. The number of aromatic nitrogens is 2. The van der Waals surface area contributed by atoms with Crippen LogP contribution in [-0.4, -0.2) is 68.2 Å². The van der Waals surface area contributed by atoms with E-state index < -0.39 is 31.3 Å². The van der Waals surface area contributed by atoms with Crippen molar-refractivity contribution in [2.75, 3.05) is 30.8 Å². The molecule has 0 bridgehead atoms. The first-order chi connectivity index (χ1) is 18.0. The second-order valence-electron chi connectivity index (χ2n) is 10.0. The summed E-state index contributed by atoms with van der Waals surface area (Å²) in [5.41, 5.74) is 0.682. The summed E-state index contributed by atoms with van der Waals surface area (Å²) in [5.74, 6) is 0.969. The molecule has 0 radical (unpaired) electrons. The Morgan fingerprint density at radius 2 is 1.55 bits per heavy atom. The van der Waals surface area contributed by atoms with Gasteiger partial charge in [0.05, 0.1) is 10.3 Å². The average molecular weight is 575 g/mol. The second kappa shape index (κ2) is 10.1. The van der Waals surface area contributed by atoms with E-state index in [4.69, 9.17) is 9.36 Å². The lowest BCUT2D eigenvalue weighted by Gasteiger charge is -2.39. The summed E-state index contributed by atoms with van der Waals surface area (Å²) >= 11 is 1.29. The minimum atomic E-state index is -4.03. The van der Waals surface area contributed by atoms with E-state index in [2.05, 4.69) is 12.1 Å². The number of nitrogens with zero attached hydrogens (tertiary/aromatic N) is 4. The molecule has 1 atom stereocenters. The monoisotopic (exact) mass is 574 g/mol. The number of piperazine rings is 1. The molecule has 9 nitrogen and oxygen atoms in total. The zero-order chi connectivity index (χ0) is 27.1. The third-order valence-corrected chi connectivity index (χ3v) is 11.6. The Balaban J connectivity index is 1.39. The molecule has 0 spiro atoms. The van der Waals surface area contributed by atoms with Gasteiger partial charge in [-0.1, -0.05) is 42.5 Å². The van der Waals surface area contributed by atoms with Crippen molar-refractivity contribution in [1.82, 2.24) is 13.7 Å². The van der Waals surface area contributed by atoms with E-state index in [1.165, 1.54) is 40.1 Å². The first kappa shape index (κ1) is 26.9. The maximum Gasteiger partial charge on any atom is 0.244 e. The predicted molar refractivity (Wildman–Crippen MR) is 146 cm³/mol. The Bertz CT molecular complexity index is 1540. The van der Waals surface area contributed by atoms with Crippen LogP contribution in [0.2, 0.25) is 0 Å². The van der Waals surface area contributed by atoms with E-state index in [1.54, 1.807) is 0 Å². The van der Waals surface area contributed by atoms with Gasteiger partial charge in [0.25, 0.3) is 0 Å². The number of hydrogen-bond donors (Lipinski definition) is 0. The summed E-state index contributed by atoms with van der Waals surface area (Å²) in [6.07, 6.45) is 3.32. The van der Waals surface area contributed by atoms with E-state index in [0.717, 1.165) is 11.8 Å². The topological polar surface area (TPSA) is 118 Å². The summed E-state index contributed by atoms with van der Waals surface area (Å²) < 4.78 is 57.7. The van der Waals surface area contributed by atoms with Crippen LogP contribution < -0.4 is 4.90 Å². The van der Waals surface area contributed by atoms with Crippen molar-refractivity contribution in [3.8, 4) is 0 Å². The first-order valence-electron chi connectivity index (χ1n) is 12.5. The highest BCUT2D eigenvalue weighted by Crippen LogP contribution is 2.44. The molecule has 1 aliphatic carbocycles. The highest BCUT2D eigenvalue weighted by Gasteiger charge is 2.42. The van der Waals surface area contributed by atoms with Gasteiger partial charge in [0.2, 0.25) is 15.2 Å². The number of sulfonamides is 1. The number of carbonyl (C=O) groups is 1. The van der Waals surface area contributed by atoms with Crippen LogP contribution in [0.25, 0.3) is 0 Å². The van der Waals surface area contributed by atoms with Gasteiger partial charge in [-0.15, -0.1) is 0 Å². The van der Waals surface area contributed by atoms with Gasteiger partial charge in [0.1, 0.15) is 10.7 Å². The predicted octanol–water partition coefficient (Wildman–Crippen LogP) is 3.27. The molecular formula is C26H30N4O5S3. The number of carbonyl (C=O) groups excluding carboxylic acids is 1. The molecule has 2 fully saturated rings. The fraction of sp³-hybridized carbons (Fsp3) is 0.423. The minimum absolute atomic E-state index is 0.189. The number of anilines is 1. The van der Waals surface area contributed by atoms with E-state index >= 15 is 0 Å². The van der Waals surface area contributed by atoms with Crippen molar-refractivity contribution in [1.29, 1.82) is 0 Å². The van der Waals surface area contributed by atoms with Gasteiger partial charge in [0.15, 0.2) is 15.7 Å². The fourth-order valence-corrected chi connectivity index (χ4v) is 9.47. The number of Topliss-reactive ketones (excluding diaryl/α,β-unsaturated/α-hetero) is 1. The maximum absolute atomic E-state index is 13.5. The molecule has 202 valence electrons. The van der Waals surface area contributed by atoms with Crippen molar-refractivity contribution < 1.29 is 21.6 Å². The Labute approximate surface area is 227 Å². The lowest BCUT2D eigenvalue weighted by Crippen LogP contribution is -2.54. The summed E-state index contributed by atoms with van der Waals surface area (Å²) in [7, 11) is -7.75. The number of sulfone groups is 1. The van der Waals surface area contributed by atoms with E-state index in [0.29, 0.717) is 49.7 Å². The molecule has 0 N–H and O–H groups in total. The normalized spacial score (nSPS) is 20.9. The largest absolute Gasteiger partial charge is 0.344 e. The zero-order valence-corrected chi connectivity index (χ0v) is 23.7. The van der Waals surface area contributed by atoms with E-state index in [9.17, 15) is 21.6 Å². The molecule has 1 saturated carbocycles. The highest BCUT2D eigenvalue weighted by molar-refractivity contribution is 7.93. The van der Waals surface area contributed by atoms with Crippen LogP contribution in [0.4, 0.5) is 5.13 Å². The van der Waals surface area contributed by atoms with Gasteiger partial charge in [-0.2, -0.15) is 8.68 Å². The van der Waals surface area contributed by atoms with Crippen LogP contribution in [0, 0.1) is 0 Å². The minimum Gasteiger partial charge on any atom is -0.344 e. The average Bonchev–Trinajstić information content (AvgIpc) is 3.40. The second-order valence-corrected chi connectivity index (χ2v) is 14.6. The molecule has 5 rings (SSSR count). The summed E-state index contributed by atoms with van der Waals surface area (Å²) in [4.78, 5) is 18.6. The Kier molecular flexibility index (Phi) is 7.18. The van der Waals surface area contributed by atoms with Gasteiger partial charge in [-0.05, 0) is 37.5 Å². The number of ketones is 1. The Morgan fingerprint density at radius 3 is 2.18 bits per heavy atom. The summed E-state index contributed by atoms with van der Waals surface area (Å²) in [6.45, 7) is 2.80. The van der Waals surface area contributed by atoms with Gasteiger partial charge in [-0.3, -0.25) is 4.79 Å². The summed E-state index contributed by atoms with van der Waals surface area (Å²) in [6, 6.07) is 15.4. The lowest BCUT2D eigenvalue weighted by atomic mass is 9.68. The van der Waals surface area contributed by atoms with Crippen molar-refractivity contribution in [3.63, 3.8) is 0 Å². The Morgan fingerprint density at radius 1 is 0.921 bits per heavy atom. The number of rotatable bonds is 6. The molecule has 3 aromatic rings. The molecular weight excluding hydrogens is 545 g/mol. The zero-order valence-electron chi connectivity index (χ0n) is 21.3. The molecule has 38 heavy (non-hydrogen) atoms. The number of benzene rings is 2. The maximum atomic E-state index is 13.5. The quantitative estimate of drug-likeness (QED) is 0.440. The molecule has 1 aliphatic heterocycles. The standard InChI is InChI=1S/C26H30N4O5S3/c1-19-18-29(16-17-30(19)38(34,35)23-11-7-6-10-22(23)37(2,32)33)25-27-24(28-36-25)26(14-12-21(31)13-15-26)20-8-4-3-5-9-20/h3-11,19H,12-18H2,1-2H3. The van der Waals surface area contributed by atoms with Crippen LogP contribution >= 0.6 is 11.5 Å². The van der Waals surface area contributed by atoms with Crippen molar-refractivity contribution in [2.24, 2.45) is 0 Å². The van der Waals surface area contributed by atoms with Gasteiger partial charge < -0.3 is 4.90 Å². The first-order valence-corrected chi connectivity index (χ1v) is 16.6. The van der Waals surface area contributed by atoms with Crippen LogP contribution in [0.15, 0.2) is 64.4 Å². The van der Waals surface area contributed by atoms with Crippen LogP contribution in [-0.2, 0) is 30.1 Å². The Hall–Kier alpha value is -2.67. The third kappa shape index (κ3) is 4.90. The fourth-order valence-electron chi connectivity index (χ4n) is 5.46. The highest BCUT2D eigenvalue weighted by atomic mass is 32.2. The molecule has 1 unspecified atom stereocenters. The summed E-state index contributed by atoms with van der Waals surface area (Å²) in [5, 5.41) is 0.715. The van der Waals surface area contributed by atoms with Gasteiger partial charge in [0, 0.05) is 56.3 Å². The van der Waals surface area contributed by atoms with Crippen molar-refractivity contribution in [3.05, 3.63) is 66.0 Å². The van der Waals surface area contributed by atoms with E-state index in [1.807, 2.05) is 30.0 Å². The lowest BCUT2D eigenvalue weighted by molar-refractivity contribution is -0.121. The van der Waals surface area contributed by atoms with E-state index in [-0.39, 0.29) is 22.1 Å². The van der Waals surface area contributed by atoms with Crippen molar-refractivity contribution in [2.45, 2.75) is 53.9 Å². The van der Waals surface area contributed by atoms with Crippen LogP contribution in [0.1, 0.15) is 44.0 Å². The van der Waals surface area contributed by atoms with Crippen LogP contribution in [0.5, 0.6) is 0 Å². The smallest absolute Gasteiger partial charge is 0.244 e. The molecule has 2 aromatic carbocycles. The molecule has 1 aromatic heterocycles. The van der Waals surface area contributed by atoms with Crippen LogP contribution in [0.3, 0.4) is 0 Å². The molecule has 0 amide bonds. The third-order valence-electron chi connectivity index (χ3n) is 7.50.